The Balaban J connectivity index is 1.61. The highest BCUT2D eigenvalue weighted by Gasteiger charge is 2.36. The molecule has 0 aromatic carbocycles. The number of nitrogens with one attached hydrogen (secondary N) is 1. The van der Waals surface area contributed by atoms with Gasteiger partial charge in [0.1, 0.15) is 6.26 Å². The van der Waals surface area contributed by atoms with Crippen molar-refractivity contribution >= 4 is 17.8 Å². The Morgan fingerprint density at radius 1 is 1.48 bits per heavy atom. The van der Waals surface area contributed by atoms with E-state index in [9.17, 15) is 9.59 Å². The fourth-order valence-electron chi connectivity index (χ4n) is 2.90. The smallest absolute Gasteiger partial charge is 0.323 e. The van der Waals surface area contributed by atoms with Crippen molar-refractivity contribution in [2.75, 3.05) is 18.4 Å². The molecule has 0 spiro atoms. The molecule has 1 aliphatic heterocycles. The lowest BCUT2D eigenvalue weighted by atomic mass is 10.2. The monoisotopic (exact) mass is 292 g/mol. The molecular formula is C14H20N4O3. The zero-order chi connectivity index (χ0) is 14.8. The molecule has 2 aliphatic rings. The molecule has 0 radical (unpaired) electrons. The molecular weight excluding hydrogens is 272 g/mol. The molecule has 1 aromatic rings. The van der Waals surface area contributed by atoms with Crippen LogP contribution in [-0.4, -0.2) is 52.1 Å². The molecule has 1 atom stereocenters. The van der Waals surface area contributed by atoms with Gasteiger partial charge in [-0.1, -0.05) is 5.16 Å². The summed E-state index contributed by atoms with van der Waals surface area (Å²) in [7, 11) is 0. The normalized spacial score (nSPS) is 21.4. The van der Waals surface area contributed by atoms with Crippen molar-refractivity contribution in [2.24, 2.45) is 0 Å². The third kappa shape index (κ3) is 3.17. The number of anilines is 1. The highest BCUT2D eigenvalue weighted by atomic mass is 16.5. The van der Waals surface area contributed by atoms with Gasteiger partial charge in [0.25, 0.3) is 0 Å². The summed E-state index contributed by atoms with van der Waals surface area (Å²) in [4.78, 5) is 27.7. The fourth-order valence-corrected chi connectivity index (χ4v) is 2.90. The molecule has 1 aromatic heterocycles. The molecule has 1 unspecified atom stereocenters. The minimum absolute atomic E-state index is 0.0846. The molecule has 1 N–H and O–H groups in total. The third-order valence-electron chi connectivity index (χ3n) is 4.11. The minimum atomic E-state index is -0.175. The number of amides is 3. The van der Waals surface area contributed by atoms with Gasteiger partial charge in [0.05, 0.1) is 6.04 Å². The number of nitrogens with zero attached hydrogens (tertiary/aromatic N) is 3. The molecule has 1 saturated heterocycles. The summed E-state index contributed by atoms with van der Waals surface area (Å²) in [5.41, 5.74) is 0. The molecule has 3 amide bonds. The van der Waals surface area contributed by atoms with Crippen molar-refractivity contribution in [3.8, 4) is 0 Å². The van der Waals surface area contributed by atoms with Gasteiger partial charge in [-0.05, 0) is 25.7 Å². The van der Waals surface area contributed by atoms with Crippen LogP contribution in [0.25, 0.3) is 0 Å². The first-order valence-corrected chi connectivity index (χ1v) is 7.40. The molecule has 3 rings (SSSR count). The van der Waals surface area contributed by atoms with E-state index in [-0.39, 0.29) is 18.0 Å². The van der Waals surface area contributed by atoms with Crippen LogP contribution in [0.2, 0.25) is 0 Å². The quantitative estimate of drug-likeness (QED) is 0.915. The Morgan fingerprint density at radius 3 is 2.90 bits per heavy atom. The van der Waals surface area contributed by atoms with E-state index in [2.05, 4.69) is 10.5 Å². The molecule has 0 bridgehead atoms. The van der Waals surface area contributed by atoms with E-state index < -0.39 is 0 Å². The van der Waals surface area contributed by atoms with E-state index in [4.69, 9.17) is 4.52 Å². The Hall–Kier alpha value is -2.05. The van der Waals surface area contributed by atoms with Crippen molar-refractivity contribution in [1.29, 1.82) is 0 Å². The zero-order valence-corrected chi connectivity index (χ0v) is 12.1. The van der Waals surface area contributed by atoms with Crippen LogP contribution in [0.3, 0.4) is 0 Å². The van der Waals surface area contributed by atoms with Gasteiger partial charge in [0, 0.05) is 32.1 Å². The topological polar surface area (TPSA) is 78.7 Å². The molecule has 114 valence electrons. The van der Waals surface area contributed by atoms with Gasteiger partial charge in [-0.15, -0.1) is 0 Å². The number of likely N-dealkylation sites (tertiary alicyclic amines) is 1. The molecule has 21 heavy (non-hydrogen) atoms. The van der Waals surface area contributed by atoms with Gasteiger partial charge < -0.3 is 14.3 Å². The van der Waals surface area contributed by atoms with Crippen molar-refractivity contribution in [1.82, 2.24) is 15.0 Å². The number of carbonyl (C=O) groups excluding carboxylic acids is 2. The Morgan fingerprint density at radius 2 is 2.29 bits per heavy atom. The minimum Gasteiger partial charge on any atom is -0.363 e. The van der Waals surface area contributed by atoms with E-state index >= 15 is 0 Å². The number of aromatic nitrogens is 1. The van der Waals surface area contributed by atoms with Crippen LogP contribution in [0.4, 0.5) is 10.6 Å². The lowest BCUT2D eigenvalue weighted by molar-refractivity contribution is -0.130. The van der Waals surface area contributed by atoms with Crippen molar-refractivity contribution in [2.45, 2.75) is 44.7 Å². The van der Waals surface area contributed by atoms with Gasteiger partial charge >= 0.3 is 6.03 Å². The molecule has 7 heteroatoms. The summed E-state index contributed by atoms with van der Waals surface area (Å²) in [6.07, 6.45) is 5.48. The number of hydrogen-bond acceptors (Lipinski definition) is 4. The maximum Gasteiger partial charge on any atom is 0.323 e. The van der Waals surface area contributed by atoms with Crippen molar-refractivity contribution in [3.05, 3.63) is 12.3 Å². The maximum atomic E-state index is 12.3. The number of hydrogen-bond donors (Lipinski definition) is 1. The maximum absolute atomic E-state index is 12.3. The largest absolute Gasteiger partial charge is 0.363 e. The summed E-state index contributed by atoms with van der Waals surface area (Å²) in [5, 5.41) is 6.40. The SMILES string of the molecule is CC(=O)N(CC1CCCN1C(=O)Nc1ccon1)C1CC1. The van der Waals surface area contributed by atoms with Crippen LogP contribution >= 0.6 is 0 Å². The van der Waals surface area contributed by atoms with Crippen LogP contribution in [0.15, 0.2) is 16.9 Å². The van der Waals surface area contributed by atoms with Crippen LogP contribution < -0.4 is 5.32 Å². The van der Waals surface area contributed by atoms with Gasteiger partial charge in [-0.3, -0.25) is 10.1 Å². The van der Waals surface area contributed by atoms with Crippen LogP contribution in [-0.2, 0) is 4.79 Å². The highest BCUT2D eigenvalue weighted by molar-refractivity contribution is 5.88. The highest BCUT2D eigenvalue weighted by Crippen LogP contribution is 2.29. The number of carbonyl (C=O) groups is 2. The lowest BCUT2D eigenvalue weighted by Crippen LogP contribution is -2.46. The second-order valence-corrected chi connectivity index (χ2v) is 5.71. The van der Waals surface area contributed by atoms with E-state index in [1.807, 2.05) is 4.90 Å². The second kappa shape index (κ2) is 5.75. The summed E-state index contributed by atoms with van der Waals surface area (Å²) in [6, 6.07) is 1.89. The van der Waals surface area contributed by atoms with Gasteiger partial charge in [-0.2, -0.15) is 0 Å². The first kappa shape index (κ1) is 13.9. The Labute approximate surface area is 123 Å². The Bertz CT molecular complexity index is 512. The predicted molar refractivity (Wildman–Crippen MR) is 75.7 cm³/mol. The van der Waals surface area contributed by atoms with E-state index in [0.29, 0.717) is 24.9 Å². The first-order valence-electron chi connectivity index (χ1n) is 7.40. The van der Waals surface area contributed by atoms with Crippen molar-refractivity contribution < 1.29 is 14.1 Å². The molecule has 1 aliphatic carbocycles. The van der Waals surface area contributed by atoms with Crippen LogP contribution in [0.1, 0.15) is 32.6 Å². The lowest BCUT2D eigenvalue weighted by Gasteiger charge is -2.30. The van der Waals surface area contributed by atoms with Crippen molar-refractivity contribution in [3.63, 3.8) is 0 Å². The summed E-state index contributed by atoms with van der Waals surface area (Å²) < 4.78 is 4.70. The first-order chi connectivity index (χ1) is 10.1. The fraction of sp³-hybridized carbons (Fsp3) is 0.643. The van der Waals surface area contributed by atoms with Crippen LogP contribution in [0.5, 0.6) is 0 Å². The summed E-state index contributed by atoms with van der Waals surface area (Å²) in [6.45, 7) is 2.95. The number of rotatable bonds is 4. The third-order valence-corrected chi connectivity index (χ3v) is 4.11. The Kier molecular flexibility index (Phi) is 3.81. The summed E-state index contributed by atoms with van der Waals surface area (Å²) in [5.74, 6) is 0.512. The number of urea groups is 1. The zero-order valence-electron chi connectivity index (χ0n) is 12.1. The molecule has 2 heterocycles. The van der Waals surface area contributed by atoms with E-state index in [1.165, 1.54) is 6.26 Å². The van der Waals surface area contributed by atoms with E-state index in [1.54, 1.807) is 17.9 Å². The standard InChI is InChI=1S/C14H20N4O3/c1-10(19)18(11-4-5-11)9-12-3-2-7-17(12)14(20)15-13-6-8-21-16-13/h6,8,11-12H,2-5,7,9H2,1H3,(H,15,16,20). The predicted octanol–water partition coefficient (Wildman–Crippen LogP) is 1.68. The molecule has 2 fully saturated rings. The second-order valence-electron chi connectivity index (χ2n) is 5.71. The van der Waals surface area contributed by atoms with Gasteiger partial charge in [-0.25, -0.2) is 4.79 Å². The van der Waals surface area contributed by atoms with Crippen LogP contribution in [0, 0.1) is 0 Å². The van der Waals surface area contributed by atoms with Gasteiger partial charge in [0.15, 0.2) is 5.82 Å². The van der Waals surface area contributed by atoms with E-state index in [0.717, 1.165) is 25.7 Å². The molecule has 7 nitrogen and oxygen atoms in total. The van der Waals surface area contributed by atoms with Gasteiger partial charge in [0.2, 0.25) is 5.91 Å². The molecule has 1 saturated carbocycles. The average Bonchev–Trinajstić information content (AvgIpc) is 2.97. The summed E-state index contributed by atoms with van der Waals surface area (Å²) >= 11 is 0. The average molecular weight is 292 g/mol.